The van der Waals surface area contributed by atoms with Crippen molar-refractivity contribution < 1.29 is 0 Å². The maximum absolute atomic E-state index is 5.79. The Hall–Kier alpha value is -0.530. The zero-order valence-corrected chi connectivity index (χ0v) is 7.14. The highest BCUT2D eigenvalue weighted by molar-refractivity contribution is 6.30. The van der Waals surface area contributed by atoms with Gasteiger partial charge >= 0.3 is 0 Å². The summed E-state index contributed by atoms with van der Waals surface area (Å²) in [5, 5.41) is 0.805. The largest absolute Gasteiger partial charge is 0.330 e. The molecule has 0 saturated carbocycles. The monoisotopic (exact) mass is 185 g/mol. The van der Waals surface area contributed by atoms with Gasteiger partial charge in [-0.15, -0.1) is 0 Å². The number of benzene rings is 1. The summed E-state index contributed by atoms with van der Waals surface area (Å²) < 4.78 is 0. The van der Waals surface area contributed by atoms with E-state index in [2.05, 4.69) is 6.07 Å². The summed E-state index contributed by atoms with van der Waals surface area (Å²) >= 11 is 5.79. The molecule has 0 spiro atoms. The molecule has 0 unspecified atom stereocenters. The first-order chi connectivity index (χ1) is 5.33. The van der Waals surface area contributed by atoms with Crippen LogP contribution in [0.4, 0.5) is 0 Å². The van der Waals surface area contributed by atoms with Gasteiger partial charge in [0.05, 0.1) is 0 Å². The Morgan fingerprint density at radius 2 is 2.08 bits per heavy atom. The highest BCUT2D eigenvalue weighted by Crippen LogP contribution is 2.11. The van der Waals surface area contributed by atoms with Gasteiger partial charge in [0.2, 0.25) is 0 Å². The molecule has 0 aliphatic carbocycles. The second-order valence-electron chi connectivity index (χ2n) is 2.52. The highest BCUT2D eigenvalue weighted by atomic mass is 35.5. The van der Waals surface area contributed by atoms with Crippen molar-refractivity contribution in [2.45, 2.75) is 20.3 Å². The minimum absolute atomic E-state index is 0. The third kappa shape index (κ3) is 3.74. The molecule has 0 fully saturated rings. The molecule has 12 heavy (non-hydrogen) atoms. The van der Waals surface area contributed by atoms with E-state index >= 15 is 0 Å². The molecule has 0 amide bonds. The fourth-order valence-corrected chi connectivity index (χ4v) is 1.21. The van der Waals surface area contributed by atoms with Crippen LogP contribution in [0.15, 0.2) is 24.3 Å². The predicted molar refractivity (Wildman–Crippen MR) is 55.6 cm³/mol. The molecule has 0 aromatic heterocycles. The number of nitrogens with two attached hydrogens (primary N) is 1. The van der Waals surface area contributed by atoms with Crippen LogP contribution in [0.2, 0.25) is 5.02 Å². The van der Waals surface area contributed by atoms with Crippen molar-refractivity contribution >= 4 is 11.6 Å². The van der Waals surface area contributed by atoms with Crippen LogP contribution in [0.5, 0.6) is 0 Å². The van der Waals surface area contributed by atoms with Crippen molar-refractivity contribution in [3.05, 3.63) is 34.9 Å². The van der Waals surface area contributed by atoms with E-state index in [9.17, 15) is 0 Å². The second kappa shape index (κ2) is 6.04. The summed E-state index contributed by atoms with van der Waals surface area (Å²) in [4.78, 5) is 0. The first-order valence-corrected chi connectivity index (χ1v) is 4.15. The van der Waals surface area contributed by atoms with Gasteiger partial charge in [0, 0.05) is 5.02 Å². The Kier molecular flexibility index (Phi) is 5.77. The van der Waals surface area contributed by atoms with Crippen LogP contribution in [0, 0.1) is 0 Å². The van der Waals surface area contributed by atoms with Crippen LogP contribution in [-0.4, -0.2) is 6.54 Å². The van der Waals surface area contributed by atoms with Crippen molar-refractivity contribution in [2.24, 2.45) is 5.73 Å². The molecule has 0 radical (unpaired) electrons. The topological polar surface area (TPSA) is 26.0 Å². The Morgan fingerprint density at radius 1 is 1.33 bits per heavy atom. The van der Waals surface area contributed by atoms with E-state index in [1.54, 1.807) is 0 Å². The minimum Gasteiger partial charge on any atom is -0.330 e. The Labute approximate surface area is 79.5 Å². The molecule has 0 saturated heterocycles. The highest BCUT2D eigenvalue weighted by Gasteiger charge is 1.92. The van der Waals surface area contributed by atoms with Gasteiger partial charge < -0.3 is 5.73 Å². The molecule has 2 N–H and O–H groups in total. The zero-order chi connectivity index (χ0) is 8.10. The number of rotatable bonds is 3. The van der Waals surface area contributed by atoms with E-state index in [1.165, 1.54) is 5.56 Å². The van der Waals surface area contributed by atoms with Crippen molar-refractivity contribution in [3.8, 4) is 0 Å². The summed E-state index contributed by atoms with van der Waals surface area (Å²) in [5.41, 5.74) is 6.65. The molecule has 1 aromatic rings. The lowest BCUT2D eigenvalue weighted by Crippen LogP contribution is -1.99. The summed E-state index contributed by atoms with van der Waals surface area (Å²) in [6, 6.07) is 7.90. The summed E-state index contributed by atoms with van der Waals surface area (Å²) in [6.45, 7) is 0.743. The van der Waals surface area contributed by atoms with E-state index in [0.717, 1.165) is 24.4 Å². The van der Waals surface area contributed by atoms with Crippen LogP contribution < -0.4 is 5.73 Å². The fourth-order valence-electron chi connectivity index (χ4n) is 0.999. The van der Waals surface area contributed by atoms with Crippen LogP contribution in [0.3, 0.4) is 0 Å². The third-order valence-electron chi connectivity index (χ3n) is 1.56. The Bertz CT molecular complexity index is 223. The summed E-state index contributed by atoms with van der Waals surface area (Å²) in [7, 11) is 0. The summed E-state index contributed by atoms with van der Waals surface area (Å²) in [5.74, 6) is 0. The molecule has 0 atom stereocenters. The molecule has 0 aliphatic heterocycles. The number of halogens is 1. The number of hydrogen-bond acceptors (Lipinski definition) is 1. The molecular formula is C10H16ClN. The normalized spacial score (nSPS) is 9.17. The van der Waals surface area contributed by atoms with Gasteiger partial charge in [-0.1, -0.05) is 31.2 Å². The number of hydrogen-bond donors (Lipinski definition) is 1. The first kappa shape index (κ1) is 11.5. The van der Waals surface area contributed by atoms with Crippen LogP contribution >= 0.6 is 11.6 Å². The molecule has 0 bridgehead atoms. The van der Waals surface area contributed by atoms with Gasteiger partial charge in [-0.05, 0) is 37.1 Å². The lowest BCUT2D eigenvalue weighted by Gasteiger charge is -1.98. The van der Waals surface area contributed by atoms with Gasteiger partial charge in [0.25, 0.3) is 0 Å². The number of aryl methyl sites for hydroxylation is 1. The van der Waals surface area contributed by atoms with E-state index in [0.29, 0.717) is 0 Å². The summed E-state index contributed by atoms with van der Waals surface area (Å²) in [6.07, 6.45) is 2.05. The lowest BCUT2D eigenvalue weighted by molar-refractivity contribution is 0.833. The van der Waals surface area contributed by atoms with Crippen LogP contribution in [-0.2, 0) is 6.42 Å². The second-order valence-corrected chi connectivity index (χ2v) is 2.96. The molecule has 68 valence electrons. The molecule has 1 aromatic carbocycles. The standard InChI is InChI=1S/C9H12ClN.CH4/c10-9-5-1-3-8(7-9)4-2-6-11;/h1,3,5,7H,2,4,6,11H2;1H4. The van der Waals surface area contributed by atoms with Gasteiger partial charge in [0.1, 0.15) is 0 Å². The van der Waals surface area contributed by atoms with E-state index in [4.69, 9.17) is 17.3 Å². The van der Waals surface area contributed by atoms with Gasteiger partial charge in [0.15, 0.2) is 0 Å². The smallest absolute Gasteiger partial charge is 0.0408 e. The van der Waals surface area contributed by atoms with Crippen molar-refractivity contribution in [1.82, 2.24) is 0 Å². The SMILES string of the molecule is C.NCCCc1cccc(Cl)c1. The first-order valence-electron chi connectivity index (χ1n) is 3.77. The fraction of sp³-hybridized carbons (Fsp3) is 0.400. The maximum Gasteiger partial charge on any atom is 0.0408 e. The molecule has 0 heterocycles. The van der Waals surface area contributed by atoms with Crippen molar-refractivity contribution in [1.29, 1.82) is 0 Å². The minimum atomic E-state index is 0. The quantitative estimate of drug-likeness (QED) is 0.770. The van der Waals surface area contributed by atoms with Crippen molar-refractivity contribution in [2.75, 3.05) is 6.54 Å². The Balaban J connectivity index is 0.00000121. The molecule has 1 nitrogen and oxygen atoms in total. The van der Waals surface area contributed by atoms with E-state index < -0.39 is 0 Å². The molecule has 0 aliphatic rings. The molecule has 1 rings (SSSR count). The Morgan fingerprint density at radius 3 is 2.67 bits per heavy atom. The average molecular weight is 186 g/mol. The van der Waals surface area contributed by atoms with Gasteiger partial charge in [-0.25, -0.2) is 0 Å². The third-order valence-corrected chi connectivity index (χ3v) is 1.79. The van der Waals surface area contributed by atoms with Crippen LogP contribution in [0.25, 0.3) is 0 Å². The van der Waals surface area contributed by atoms with E-state index in [1.807, 2.05) is 18.2 Å². The van der Waals surface area contributed by atoms with Crippen LogP contribution in [0.1, 0.15) is 19.4 Å². The zero-order valence-electron chi connectivity index (χ0n) is 6.39. The average Bonchev–Trinajstić information content (AvgIpc) is 2.01. The molecule has 2 heteroatoms. The van der Waals surface area contributed by atoms with E-state index in [-0.39, 0.29) is 7.43 Å². The maximum atomic E-state index is 5.79. The van der Waals surface area contributed by atoms with Gasteiger partial charge in [-0.2, -0.15) is 0 Å². The molecular weight excluding hydrogens is 170 g/mol. The lowest BCUT2D eigenvalue weighted by atomic mass is 10.1. The van der Waals surface area contributed by atoms with Gasteiger partial charge in [-0.3, -0.25) is 0 Å². The van der Waals surface area contributed by atoms with Crippen molar-refractivity contribution in [3.63, 3.8) is 0 Å². The predicted octanol–water partition coefficient (Wildman–Crippen LogP) is 2.87.